The maximum atomic E-state index is 13.8. The number of alkyl halides is 3. The van der Waals surface area contributed by atoms with E-state index in [0.29, 0.717) is 17.5 Å². The molecule has 0 bridgehead atoms. The number of hydrogen-bond acceptors (Lipinski definition) is 3. The lowest BCUT2D eigenvalue weighted by molar-refractivity contribution is -0.275. The first-order chi connectivity index (χ1) is 11.8. The van der Waals surface area contributed by atoms with E-state index in [4.69, 9.17) is 4.74 Å². The second kappa shape index (κ2) is 7.83. The molecule has 0 aromatic heterocycles. The number of ether oxygens (including phenoxy) is 2. The Morgan fingerprint density at radius 1 is 1.12 bits per heavy atom. The van der Waals surface area contributed by atoms with E-state index < -0.39 is 23.9 Å². The highest BCUT2D eigenvalue weighted by Gasteiger charge is 2.32. The van der Waals surface area contributed by atoms with Gasteiger partial charge in [-0.3, -0.25) is 0 Å². The molecule has 0 saturated carbocycles. The molecule has 0 radical (unpaired) electrons. The van der Waals surface area contributed by atoms with Crippen LogP contribution in [0.3, 0.4) is 0 Å². The van der Waals surface area contributed by atoms with Crippen LogP contribution in [-0.2, 0) is 16.0 Å². The van der Waals surface area contributed by atoms with Crippen LogP contribution in [0.1, 0.15) is 5.56 Å². The van der Waals surface area contributed by atoms with Crippen molar-refractivity contribution in [3.63, 3.8) is 0 Å². The van der Waals surface area contributed by atoms with Crippen molar-refractivity contribution >= 4 is 5.97 Å². The average molecular weight is 354 g/mol. The van der Waals surface area contributed by atoms with E-state index in [1.807, 2.05) is 0 Å². The summed E-state index contributed by atoms with van der Waals surface area (Å²) in [7, 11) is 0. The molecule has 2 aromatic carbocycles. The first-order valence-corrected chi connectivity index (χ1v) is 7.22. The second-order valence-electron chi connectivity index (χ2n) is 5.02. The highest BCUT2D eigenvalue weighted by Crippen LogP contribution is 2.29. The quantitative estimate of drug-likeness (QED) is 0.430. The standard InChI is InChI=1S/C18H14F4O3/c1-2-17(23)24-9-8-12-4-3-5-13(10-12)14-6-7-16(15(19)11-14)25-18(20,21)22/h2-7,10-11H,1,8-9H2. The summed E-state index contributed by atoms with van der Waals surface area (Å²) in [5, 5.41) is 0. The Bertz CT molecular complexity index is 769. The van der Waals surface area contributed by atoms with E-state index in [2.05, 4.69) is 11.3 Å². The molecule has 0 N–H and O–H groups in total. The molecule has 0 aliphatic rings. The third-order valence-corrected chi connectivity index (χ3v) is 3.22. The van der Waals surface area contributed by atoms with Crippen molar-refractivity contribution in [2.75, 3.05) is 6.61 Å². The molecule has 2 aromatic rings. The minimum absolute atomic E-state index is 0.154. The molecule has 0 unspecified atom stereocenters. The van der Waals surface area contributed by atoms with E-state index in [9.17, 15) is 22.4 Å². The minimum atomic E-state index is -4.95. The fraction of sp³-hybridized carbons (Fsp3) is 0.167. The van der Waals surface area contributed by atoms with Crippen LogP contribution in [0, 0.1) is 5.82 Å². The maximum Gasteiger partial charge on any atom is 0.573 e. The van der Waals surface area contributed by atoms with Crippen LogP contribution in [0.15, 0.2) is 55.1 Å². The summed E-state index contributed by atoms with van der Waals surface area (Å²) >= 11 is 0. The van der Waals surface area contributed by atoms with Crippen molar-refractivity contribution in [3.8, 4) is 16.9 Å². The highest BCUT2D eigenvalue weighted by molar-refractivity contribution is 5.81. The summed E-state index contributed by atoms with van der Waals surface area (Å²) in [6.45, 7) is 3.44. The van der Waals surface area contributed by atoms with Crippen molar-refractivity contribution < 1.29 is 31.8 Å². The number of hydrogen-bond donors (Lipinski definition) is 0. The van der Waals surface area contributed by atoms with Crippen LogP contribution >= 0.6 is 0 Å². The molecule has 0 heterocycles. The fourth-order valence-corrected chi connectivity index (χ4v) is 2.12. The number of carbonyl (C=O) groups excluding carboxylic acids is 1. The van der Waals surface area contributed by atoms with E-state index in [1.165, 1.54) is 6.07 Å². The van der Waals surface area contributed by atoms with Gasteiger partial charge in [-0.2, -0.15) is 0 Å². The van der Waals surface area contributed by atoms with Gasteiger partial charge in [0.2, 0.25) is 0 Å². The Kier molecular flexibility index (Phi) is 5.80. The summed E-state index contributed by atoms with van der Waals surface area (Å²) in [5.74, 6) is -2.53. The van der Waals surface area contributed by atoms with Crippen molar-refractivity contribution in [2.24, 2.45) is 0 Å². The van der Waals surface area contributed by atoms with Crippen LogP contribution in [0.4, 0.5) is 17.6 Å². The monoisotopic (exact) mass is 354 g/mol. The van der Waals surface area contributed by atoms with Gasteiger partial charge in [0, 0.05) is 12.5 Å². The van der Waals surface area contributed by atoms with Gasteiger partial charge in [-0.05, 0) is 28.8 Å². The zero-order valence-corrected chi connectivity index (χ0v) is 13.0. The molecule has 0 saturated heterocycles. The molecule has 0 amide bonds. The first-order valence-electron chi connectivity index (χ1n) is 7.22. The number of benzene rings is 2. The summed E-state index contributed by atoms with van der Waals surface area (Å²) in [4.78, 5) is 11.0. The predicted molar refractivity (Wildman–Crippen MR) is 83.4 cm³/mol. The maximum absolute atomic E-state index is 13.8. The molecule has 0 aliphatic heterocycles. The van der Waals surface area contributed by atoms with Gasteiger partial charge < -0.3 is 9.47 Å². The zero-order chi connectivity index (χ0) is 18.4. The van der Waals surface area contributed by atoms with Crippen LogP contribution < -0.4 is 4.74 Å². The fourth-order valence-electron chi connectivity index (χ4n) is 2.12. The summed E-state index contributed by atoms with van der Waals surface area (Å²) < 4.78 is 58.8. The van der Waals surface area contributed by atoms with Gasteiger partial charge in [-0.25, -0.2) is 9.18 Å². The SMILES string of the molecule is C=CC(=O)OCCc1cccc(-c2ccc(OC(F)(F)F)c(F)c2)c1. The lowest BCUT2D eigenvalue weighted by Crippen LogP contribution is -2.17. The van der Waals surface area contributed by atoms with Crippen LogP contribution in [0.25, 0.3) is 11.1 Å². The number of esters is 1. The van der Waals surface area contributed by atoms with Crippen molar-refractivity contribution in [1.82, 2.24) is 0 Å². The predicted octanol–water partition coefficient (Wildman–Crippen LogP) is 4.66. The Balaban J connectivity index is 2.13. The van der Waals surface area contributed by atoms with E-state index >= 15 is 0 Å². The lowest BCUT2D eigenvalue weighted by atomic mass is 10.0. The minimum Gasteiger partial charge on any atom is -0.462 e. The third-order valence-electron chi connectivity index (χ3n) is 3.22. The summed E-state index contributed by atoms with van der Waals surface area (Å²) in [5.41, 5.74) is 1.84. The van der Waals surface area contributed by atoms with Gasteiger partial charge in [-0.1, -0.05) is 36.9 Å². The van der Waals surface area contributed by atoms with Crippen molar-refractivity contribution in [1.29, 1.82) is 0 Å². The molecular weight excluding hydrogens is 340 g/mol. The van der Waals surface area contributed by atoms with Crippen molar-refractivity contribution in [3.05, 3.63) is 66.5 Å². The molecule has 0 aliphatic carbocycles. The Labute approximate surface area is 141 Å². The molecule has 2 rings (SSSR count). The first kappa shape index (κ1) is 18.5. The normalized spacial score (nSPS) is 11.0. The Morgan fingerprint density at radius 2 is 1.84 bits per heavy atom. The van der Waals surface area contributed by atoms with Gasteiger partial charge in [0.1, 0.15) is 0 Å². The molecule has 3 nitrogen and oxygen atoms in total. The van der Waals surface area contributed by atoms with Crippen LogP contribution in [0.2, 0.25) is 0 Å². The van der Waals surface area contributed by atoms with Gasteiger partial charge in [-0.15, -0.1) is 13.2 Å². The zero-order valence-electron chi connectivity index (χ0n) is 13.0. The van der Waals surface area contributed by atoms with Crippen LogP contribution in [0.5, 0.6) is 5.75 Å². The van der Waals surface area contributed by atoms with Crippen molar-refractivity contribution in [2.45, 2.75) is 12.8 Å². The van der Waals surface area contributed by atoms with E-state index in [-0.39, 0.29) is 6.61 Å². The lowest BCUT2D eigenvalue weighted by Gasteiger charge is -2.11. The molecule has 25 heavy (non-hydrogen) atoms. The third kappa shape index (κ3) is 5.63. The molecule has 0 fully saturated rings. The molecule has 132 valence electrons. The Hall–Kier alpha value is -2.83. The molecule has 7 heteroatoms. The number of rotatable bonds is 6. The van der Waals surface area contributed by atoms with E-state index in [1.54, 1.807) is 24.3 Å². The summed E-state index contributed by atoms with van der Waals surface area (Å²) in [6.07, 6.45) is -3.46. The van der Waals surface area contributed by atoms with Gasteiger partial charge in [0.25, 0.3) is 0 Å². The number of carbonyl (C=O) groups is 1. The van der Waals surface area contributed by atoms with E-state index in [0.717, 1.165) is 23.8 Å². The number of halogens is 4. The highest BCUT2D eigenvalue weighted by atomic mass is 19.4. The van der Waals surface area contributed by atoms with Crippen LogP contribution in [-0.4, -0.2) is 18.9 Å². The average Bonchev–Trinajstić information content (AvgIpc) is 2.55. The van der Waals surface area contributed by atoms with Gasteiger partial charge >= 0.3 is 12.3 Å². The second-order valence-corrected chi connectivity index (χ2v) is 5.02. The molecule has 0 spiro atoms. The van der Waals surface area contributed by atoms with Gasteiger partial charge in [0.05, 0.1) is 6.61 Å². The summed E-state index contributed by atoms with van der Waals surface area (Å²) in [6, 6.07) is 10.2. The molecule has 0 atom stereocenters. The largest absolute Gasteiger partial charge is 0.573 e. The topological polar surface area (TPSA) is 35.5 Å². The smallest absolute Gasteiger partial charge is 0.462 e. The Morgan fingerprint density at radius 3 is 2.48 bits per heavy atom. The molecular formula is C18H14F4O3. The van der Waals surface area contributed by atoms with Gasteiger partial charge in [0.15, 0.2) is 11.6 Å².